The van der Waals surface area contributed by atoms with Gasteiger partial charge in [-0.2, -0.15) is 4.63 Å². The lowest BCUT2D eigenvalue weighted by atomic mass is 9.59. The number of hydrogen-bond donors (Lipinski definition) is 1. The summed E-state index contributed by atoms with van der Waals surface area (Å²) in [5.41, 5.74) is 2.53. The van der Waals surface area contributed by atoms with Gasteiger partial charge in [0.1, 0.15) is 11.7 Å². The predicted octanol–water partition coefficient (Wildman–Crippen LogP) is 6.97. The first-order chi connectivity index (χ1) is 15.8. The van der Waals surface area contributed by atoms with E-state index in [0.717, 1.165) is 18.4 Å². The van der Waals surface area contributed by atoms with E-state index in [2.05, 4.69) is 63.6 Å². The molecule has 3 aromatic rings. The summed E-state index contributed by atoms with van der Waals surface area (Å²) in [5, 5.41) is 8.34. The highest BCUT2D eigenvalue weighted by Crippen LogP contribution is 2.49. The Balaban J connectivity index is 1.70. The third kappa shape index (κ3) is 4.74. The highest BCUT2D eigenvalue weighted by Gasteiger charge is 2.48. The molecule has 2 atom stereocenters. The molecule has 0 radical (unpaired) electrons. The Bertz CT molecular complexity index is 1160. The molecule has 2 unspecified atom stereocenters. The van der Waals surface area contributed by atoms with Crippen molar-refractivity contribution in [3.63, 3.8) is 0 Å². The van der Waals surface area contributed by atoms with Gasteiger partial charge in [-0.25, -0.2) is 9.78 Å². The van der Waals surface area contributed by atoms with Crippen molar-refractivity contribution in [1.29, 1.82) is 0 Å². The van der Waals surface area contributed by atoms with E-state index in [1.54, 1.807) is 16.8 Å². The van der Waals surface area contributed by atoms with Crippen LogP contribution in [-0.4, -0.2) is 31.9 Å². The summed E-state index contributed by atoms with van der Waals surface area (Å²) in [5.74, 6) is 1.36. The fraction of sp³-hybridized carbons (Fsp3) is 0.593. The highest BCUT2D eigenvalue weighted by molar-refractivity contribution is 6.30. The monoisotopic (exact) mass is 484 g/mol. The molecule has 1 N–H and O–H groups in total. The lowest BCUT2D eigenvalue weighted by molar-refractivity contribution is -0.0922. The van der Waals surface area contributed by atoms with Gasteiger partial charge in [0.15, 0.2) is 11.5 Å². The number of nitrogens with zero attached hydrogens (tertiary/aromatic N) is 3. The standard InChI is InChI=1S/C27H37ClN4O2/c1-15-13-19(26(3,4)5)22(20(14-15)27(6,7)8)34-25(33)21-16(2)30-32-24(21)29-23(31-32)17-9-11-18(28)12-10-17/h9-12,15,19-20,22,30H,13-14H2,1-8H3. The number of hydrogen-bond acceptors (Lipinski definition) is 4. The molecule has 184 valence electrons. The van der Waals surface area contributed by atoms with E-state index in [1.807, 2.05) is 19.1 Å². The topological polar surface area (TPSA) is 72.3 Å². The van der Waals surface area contributed by atoms with Gasteiger partial charge in [-0.05, 0) is 60.8 Å². The van der Waals surface area contributed by atoms with Crippen LogP contribution in [0.4, 0.5) is 0 Å². The van der Waals surface area contributed by atoms with Crippen LogP contribution in [0, 0.1) is 35.5 Å². The molecule has 1 aliphatic rings. The van der Waals surface area contributed by atoms with Crippen molar-refractivity contribution in [3.8, 4) is 11.4 Å². The molecule has 0 aliphatic heterocycles. The van der Waals surface area contributed by atoms with Gasteiger partial charge < -0.3 is 4.74 Å². The number of carbonyl (C=O) groups excluding carboxylic acids is 1. The molecule has 0 amide bonds. The van der Waals surface area contributed by atoms with Crippen LogP contribution in [0.3, 0.4) is 0 Å². The molecule has 1 fully saturated rings. The first-order valence-corrected chi connectivity index (χ1v) is 12.6. The number of rotatable bonds is 3. The van der Waals surface area contributed by atoms with Gasteiger partial charge in [0, 0.05) is 28.1 Å². The van der Waals surface area contributed by atoms with Crippen molar-refractivity contribution in [2.45, 2.75) is 74.3 Å². The number of halogens is 1. The van der Waals surface area contributed by atoms with Crippen molar-refractivity contribution in [3.05, 3.63) is 40.5 Å². The summed E-state index contributed by atoms with van der Waals surface area (Å²) < 4.78 is 7.98. The van der Waals surface area contributed by atoms with E-state index in [4.69, 9.17) is 16.3 Å². The number of fused-ring (bicyclic) bond motifs is 1. The molecule has 2 aromatic heterocycles. The Hall–Kier alpha value is -2.34. The average molecular weight is 485 g/mol. The zero-order valence-corrected chi connectivity index (χ0v) is 22.3. The highest BCUT2D eigenvalue weighted by atomic mass is 35.5. The summed E-state index contributed by atoms with van der Waals surface area (Å²) in [7, 11) is 0. The van der Waals surface area contributed by atoms with Crippen LogP contribution >= 0.6 is 11.6 Å². The normalized spacial score (nSPS) is 23.9. The molecule has 0 bridgehead atoms. The third-order valence-corrected chi connectivity index (χ3v) is 7.61. The van der Waals surface area contributed by atoms with Gasteiger partial charge in [0.2, 0.25) is 0 Å². The molecule has 1 aliphatic carbocycles. The first kappa shape index (κ1) is 24.8. The maximum Gasteiger partial charge on any atom is 0.344 e. The number of ether oxygens (including phenoxy) is 1. The SMILES string of the molecule is Cc1[nH]n2nc(-c3ccc(Cl)cc3)nc2c1C(=O)OC1C(C(C)(C)C)CC(C)CC1C(C)(C)C. The number of H-pyrrole nitrogens is 1. The van der Waals surface area contributed by atoms with Gasteiger partial charge in [-0.15, -0.1) is 5.10 Å². The van der Waals surface area contributed by atoms with Gasteiger partial charge >= 0.3 is 5.97 Å². The second-order valence-corrected chi connectivity index (χ2v) is 12.6. The Morgan fingerprint density at radius 3 is 2.15 bits per heavy atom. The van der Waals surface area contributed by atoms with Crippen molar-refractivity contribution >= 4 is 23.2 Å². The summed E-state index contributed by atoms with van der Waals surface area (Å²) in [6.45, 7) is 17.7. The molecule has 6 nitrogen and oxygen atoms in total. The number of aromatic amines is 1. The average Bonchev–Trinajstić information content (AvgIpc) is 3.24. The molecule has 0 spiro atoms. The Morgan fingerprint density at radius 2 is 1.62 bits per heavy atom. The number of nitrogens with one attached hydrogen (secondary N) is 1. The van der Waals surface area contributed by atoms with Gasteiger partial charge in [0.25, 0.3) is 0 Å². The third-order valence-electron chi connectivity index (χ3n) is 7.36. The molecule has 2 heterocycles. The van der Waals surface area contributed by atoms with Gasteiger partial charge in [0.05, 0.1) is 0 Å². The molecule has 7 heteroatoms. The summed E-state index contributed by atoms with van der Waals surface area (Å²) in [6, 6.07) is 7.34. The van der Waals surface area contributed by atoms with Crippen LogP contribution < -0.4 is 0 Å². The van der Waals surface area contributed by atoms with Gasteiger partial charge in [-0.1, -0.05) is 60.1 Å². The maximum atomic E-state index is 13.7. The smallest absolute Gasteiger partial charge is 0.344 e. The number of aryl methyl sites for hydroxylation is 1. The predicted molar refractivity (Wildman–Crippen MR) is 136 cm³/mol. The second kappa shape index (κ2) is 8.71. The lowest BCUT2D eigenvalue weighted by Gasteiger charge is -2.50. The largest absolute Gasteiger partial charge is 0.458 e. The van der Waals surface area contributed by atoms with Crippen LogP contribution in [0.5, 0.6) is 0 Å². The molecular weight excluding hydrogens is 448 g/mol. The van der Waals surface area contributed by atoms with Crippen molar-refractivity contribution < 1.29 is 9.53 Å². The first-order valence-electron chi connectivity index (χ1n) is 12.2. The number of carbonyl (C=O) groups is 1. The van der Waals surface area contributed by atoms with E-state index in [-0.39, 0.29) is 34.7 Å². The van der Waals surface area contributed by atoms with Crippen LogP contribution in [0.1, 0.15) is 77.4 Å². The minimum Gasteiger partial charge on any atom is -0.458 e. The molecule has 1 aromatic carbocycles. The number of esters is 1. The summed E-state index contributed by atoms with van der Waals surface area (Å²) >= 11 is 6.02. The van der Waals surface area contributed by atoms with E-state index in [0.29, 0.717) is 33.7 Å². The second-order valence-electron chi connectivity index (χ2n) is 12.2. The molecule has 34 heavy (non-hydrogen) atoms. The fourth-order valence-corrected chi connectivity index (χ4v) is 5.58. The number of benzene rings is 1. The molecule has 1 saturated carbocycles. The van der Waals surface area contributed by atoms with E-state index >= 15 is 0 Å². The van der Waals surface area contributed by atoms with Crippen LogP contribution in [-0.2, 0) is 4.74 Å². The zero-order valence-electron chi connectivity index (χ0n) is 21.6. The fourth-order valence-electron chi connectivity index (χ4n) is 5.45. The minimum atomic E-state index is -0.332. The maximum absolute atomic E-state index is 13.7. The van der Waals surface area contributed by atoms with Crippen LogP contribution in [0.25, 0.3) is 17.0 Å². The lowest BCUT2D eigenvalue weighted by Crippen LogP contribution is -2.49. The zero-order chi connectivity index (χ0) is 25.0. The molecule has 4 rings (SSSR count). The minimum absolute atomic E-state index is 0.0300. The Labute approximate surface area is 207 Å². The Kier molecular flexibility index (Phi) is 6.34. The van der Waals surface area contributed by atoms with Crippen molar-refractivity contribution in [2.24, 2.45) is 28.6 Å². The van der Waals surface area contributed by atoms with Gasteiger partial charge in [-0.3, -0.25) is 5.10 Å². The van der Waals surface area contributed by atoms with E-state index < -0.39 is 0 Å². The summed E-state index contributed by atoms with van der Waals surface area (Å²) in [6.07, 6.45) is 1.96. The molecule has 0 saturated heterocycles. The van der Waals surface area contributed by atoms with E-state index in [1.165, 1.54) is 0 Å². The van der Waals surface area contributed by atoms with Crippen LogP contribution in [0.15, 0.2) is 24.3 Å². The van der Waals surface area contributed by atoms with Crippen molar-refractivity contribution in [2.75, 3.05) is 0 Å². The quantitative estimate of drug-likeness (QED) is 0.407. The van der Waals surface area contributed by atoms with Crippen LogP contribution in [0.2, 0.25) is 5.02 Å². The number of aromatic nitrogens is 4. The summed E-state index contributed by atoms with van der Waals surface area (Å²) in [4.78, 5) is 18.4. The molecular formula is C27H37ClN4O2. The van der Waals surface area contributed by atoms with E-state index in [9.17, 15) is 4.79 Å². The Morgan fingerprint density at radius 1 is 1.06 bits per heavy atom. The van der Waals surface area contributed by atoms with Crippen molar-refractivity contribution in [1.82, 2.24) is 19.8 Å².